The first-order valence-electron chi connectivity index (χ1n) is 6.87. The molecule has 1 aromatic carbocycles. The van der Waals surface area contributed by atoms with Crippen LogP contribution in [-0.4, -0.2) is 43.7 Å². The van der Waals surface area contributed by atoms with E-state index in [2.05, 4.69) is 0 Å². The number of amides is 1. The molecule has 1 amide bonds. The Hall–Kier alpha value is -1.39. The first-order valence-corrected chi connectivity index (χ1v) is 6.87. The molecule has 0 aliphatic carbocycles. The molecule has 4 nitrogen and oxygen atoms in total. The Kier molecular flexibility index (Phi) is 4.93. The lowest BCUT2D eigenvalue weighted by atomic mass is 10.0. The number of ether oxygens (including phenoxy) is 1. The summed E-state index contributed by atoms with van der Waals surface area (Å²) in [6, 6.07) is 8.02. The van der Waals surface area contributed by atoms with Crippen LogP contribution in [0.2, 0.25) is 0 Å². The average molecular weight is 262 g/mol. The second-order valence-corrected chi connectivity index (χ2v) is 4.96. The molecule has 0 radical (unpaired) electrons. The molecule has 0 atom stereocenters. The first-order chi connectivity index (χ1) is 9.24. The third kappa shape index (κ3) is 3.33. The van der Waals surface area contributed by atoms with Gasteiger partial charge < -0.3 is 15.4 Å². The second kappa shape index (κ2) is 6.68. The van der Waals surface area contributed by atoms with E-state index in [0.29, 0.717) is 6.54 Å². The maximum Gasteiger partial charge on any atom is 0.254 e. The van der Waals surface area contributed by atoms with Crippen molar-refractivity contribution in [1.82, 2.24) is 4.90 Å². The lowest BCUT2D eigenvalue weighted by Gasteiger charge is -2.31. The van der Waals surface area contributed by atoms with Crippen LogP contribution in [0.15, 0.2) is 24.3 Å². The normalized spacial score (nSPS) is 16.3. The largest absolute Gasteiger partial charge is 0.381 e. The van der Waals surface area contributed by atoms with E-state index in [9.17, 15) is 4.79 Å². The Morgan fingerprint density at radius 3 is 2.74 bits per heavy atom. The molecule has 0 aromatic heterocycles. The van der Waals surface area contributed by atoms with Crippen LogP contribution in [0, 0.1) is 0 Å². The Morgan fingerprint density at radius 1 is 1.37 bits per heavy atom. The van der Waals surface area contributed by atoms with Crippen molar-refractivity contribution in [2.24, 2.45) is 5.73 Å². The molecule has 1 saturated heterocycles. The van der Waals surface area contributed by atoms with E-state index in [4.69, 9.17) is 10.5 Å². The molecule has 1 aliphatic rings. The second-order valence-electron chi connectivity index (χ2n) is 4.96. The van der Waals surface area contributed by atoms with Gasteiger partial charge in [-0.2, -0.15) is 0 Å². The first kappa shape index (κ1) is 14.0. The van der Waals surface area contributed by atoms with Gasteiger partial charge >= 0.3 is 0 Å². The Bertz CT molecular complexity index is 428. The standard InChI is InChI=1S/C15H22N2O2/c1-17(13-7-10-19-11-8-13)15(18)14-5-3-2-4-12(14)6-9-16/h2-5,13H,6-11,16H2,1H3. The van der Waals surface area contributed by atoms with Gasteiger partial charge in [-0.25, -0.2) is 0 Å². The number of benzene rings is 1. The van der Waals surface area contributed by atoms with Gasteiger partial charge in [0.05, 0.1) is 0 Å². The van der Waals surface area contributed by atoms with Crippen molar-refractivity contribution >= 4 is 5.91 Å². The Morgan fingerprint density at radius 2 is 2.05 bits per heavy atom. The summed E-state index contributed by atoms with van der Waals surface area (Å²) >= 11 is 0. The van der Waals surface area contributed by atoms with Crippen LogP contribution in [-0.2, 0) is 11.2 Å². The van der Waals surface area contributed by atoms with Gasteiger partial charge in [-0.3, -0.25) is 4.79 Å². The molecule has 0 spiro atoms. The average Bonchev–Trinajstić information content (AvgIpc) is 2.47. The highest BCUT2D eigenvalue weighted by molar-refractivity contribution is 5.95. The van der Waals surface area contributed by atoms with Crippen molar-refractivity contribution < 1.29 is 9.53 Å². The zero-order valence-corrected chi connectivity index (χ0v) is 11.5. The van der Waals surface area contributed by atoms with Gasteiger partial charge in [-0.1, -0.05) is 18.2 Å². The molecule has 104 valence electrons. The molecule has 1 aliphatic heterocycles. The fraction of sp³-hybridized carbons (Fsp3) is 0.533. The van der Waals surface area contributed by atoms with Gasteiger partial charge in [0.15, 0.2) is 0 Å². The van der Waals surface area contributed by atoms with Crippen LogP contribution in [0.1, 0.15) is 28.8 Å². The minimum absolute atomic E-state index is 0.0935. The minimum atomic E-state index is 0.0935. The van der Waals surface area contributed by atoms with Crippen molar-refractivity contribution in [2.75, 3.05) is 26.8 Å². The molecular weight excluding hydrogens is 240 g/mol. The Labute approximate surface area is 114 Å². The van der Waals surface area contributed by atoms with Gasteiger partial charge in [0.25, 0.3) is 5.91 Å². The number of hydrogen-bond acceptors (Lipinski definition) is 3. The minimum Gasteiger partial charge on any atom is -0.381 e. The van der Waals surface area contributed by atoms with Crippen LogP contribution >= 0.6 is 0 Å². The summed E-state index contributed by atoms with van der Waals surface area (Å²) in [7, 11) is 1.89. The molecule has 0 bridgehead atoms. The lowest BCUT2D eigenvalue weighted by molar-refractivity contribution is 0.0361. The van der Waals surface area contributed by atoms with Crippen molar-refractivity contribution in [3.8, 4) is 0 Å². The zero-order chi connectivity index (χ0) is 13.7. The van der Waals surface area contributed by atoms with Crippen LogP contribution in [0.4, 0.5) is 0 Å². The highest BCUT2D eigenvalue weighted by Gasteiger charge is 2.24. The van der Waals surface area contributed by atoms with Crippen LogP contribution in [0.5, 0.6) is 0 Å². The van der Waals surface area contributed by atoms with E-state index >= 15 is 0 Å². The molecular formula is C15H22N2O2. The van der Waals surface area contributed by atoms with E-state index in [1.807, 2.05) is 36.2 Å². The maximum absolute atomic E-state index is 12.6. The van der Waals surface area contributed by atoms with Crippen molar-refractivity contribution in [2.45, 2.75) is 25.3 Å². The maximum atomic E-state index is 12.6. The van der Waals surface area contributed by atoms with Crippen LogP contribution < -0.4 is 5.73 Å². The lowest BCUT2D eigenvalue weighted by Crippen LogP contribution is -2.41. The number of nitrogens with zero attached hydrogens (tertiary/aromatic N) is 1. The summed E-state index contributed by atoms with van der Waals surface area (Å²) in [6.45, 7) is 2.05. The summed E-state index contributed by atoms with van der Waals surface area (Å²) in [4.78, 5) is 14.4. The Balaban J connectivity index is 2.13. The third-order valence-electron chi connectivity index (χ3n) is 3.72. The molecule has 0 saturated carbocycles. The molecule has 4 heteroatoms. The molecule has 2 rings (SSSR count). The van der Waals surface area contributed by atoms with Gasteiger partial charge in [0.2, 0.25) is 0 Å². The van der Waals surface area contributed by atoms with Gasteiger partial charge in [0, 0.05) is 31.9 Å². The fourth-order valence-electron chi connectivity index (χ4n) is 2.53. The predicted octanol–water partition coefficient (Wildman–Crippen LogP) is 1.44. The van der Waals surface area contributed by atoms with E-state index < -0.39 is 0 Å². The van der Waals surface area contributed by atoms with Crippen molar-refractivity contribution in [3.05, 3.63) is 35.4 Å². The van der Waals surface area contributed by atoms with E-state index in [0.717, 1.165) is 43.6 Å². The fourth-order valence-corrected chi connectivity index (χ4v) is 2.53. The predicted molar refractivity (Wildman–Crippen MR) is 75.1 cm³/mol. The number of carbonyl (C=O) groups is 1. The molecule has 2 N–H and O–H groups in total. The van der Waals surface area contributed by atoms with Crippen molar-refractivity contribution in [1.29, 1.82) is 0 Å². The van der Waals surface area contributed by atoms with E-state index in [-0.39, 0.29) is 11.9 Å². The quantitative estimate of drug-likeness (QED) is 0.893. The number of nitrogens with two attached hydrogens (primary N) is 1. The monoisotopic (exact) mass is 262 g/mol. The van der Waals surface area contributed by atoms with Gasteiger partial charge in [0.1, 0.15) is 0 Å². The third-order valence-corrected chi connectivity index (χ3v) is 3.72. The number of hydrogen-bond donors (Lipinski definition) is 1. The van der Waals surface area contributed by atoms with Gasteiger partial charge in [-0.15, -0.1) is 0 Å². The summed E-state index contributed by atoms with van der Waals surface area (Å²) in [5.74, 6) is 0.0935. The summed E-state index contributed by atoms with van der Waals surface area (Å²) < 4.78 is 5.34. The number of carbonyl (C=O) groups excluding carboxylic acids is 1. The summed E-state index contributed by atoms with van der Waals surface area (Å²) in [6.07, 6.45) is 2.58. The van der Waals surface area contributed by atoms with E-state index in [1.165, 1.54) is 0 Å². The molecule has 1 fully saturated rings. The topological polar surface area (TPSA) is 55.6 Å². The molecule has 1 heterocycles. The molecule has 1 aromatic rings. The summed E-state index contributed by atoms with van der Waals surface area (Å²) in [5.41, 5.74) is 7.42. The van der Waals surface area contributed by atoms with Crippen molar-refractivity contribution in [3.63, 3.8) is 0 Å². The SMILES string of the molecule is CN(C(=O)c1ccccc1CCN)C1CCOCC1. The highest BCUT2D eigenvalue weighted by Crippen LogP contribution is 2.18. The van der Waals surface area contributed by atoms with Crippen LogP contribution in [0.3, 0.4) is 0 Å². The highest BCUT2D eigenvalue weighted by atomic mass is 16.5. The van der Waals surface area contributed by atoms with Crippen LogP contribution in [0.25, 0.3) is 0 Å². The smallest absolute Gasteiger partial charge is 0.254 e. The molecule has 19 heavy (non-hydrogen) atoms. The van der Waals surface area contributed by atoms with Gasteiger partial charge in [-0.05, 0) is 37.4 Å². The van der Waals surface area contributed by atoms with E-state index in [1.54, 1.807) is 0 Å². The summed E-state index contributed by atoms with van der Waals surface area (Å²) in [5, 5.41) is 0. The molecule has 0 unspecified atom stereocenters. The zero-order valence-electron chi connectivity index (χ0n) is 11.5. The number of rotatable bonds is 4.